The quantitative estimate of drug-likeness (QED) is 0.714. The SMILES string of the molecule is CC(C)N(CC(N)=O)c1ncc(/C=C/C(=O)O)cn1. The Labute approximate surface area is 110 Å². The van der Waals surface area contributed by atoms with Crippen LogP contribution in [0, 0.1) is 0 Å². The highest BCUT2D eigenvalue weighted by atomic mass is 16.4. The van der Waals surface area contributed by atoms with E-state index in [1.54, 1.807) is 4.90 Å². The van der Waals surface area contributed by atoms with Gasteiger partial charge in [0.2, 0.25) is 11.9 Å². The summed E-state index contributed by atoms with van der Waals surface area (Å²) in [5, 5.41) is 8.50. The molecule has 0 aliphatic heterocycles. The van der Waals surface area contributed by atoms with E-state index in [4.69, 9.17) is 10.8 Å². The van der Waals surface area contributed by atoms with Crippen LogP contribution in [0.4, 0.5) is 5.95 Å². The van der Waals surface area contributed by atoms with Crippen LogP contribution < -0.4 is 10.6 Å². The maximum Gasteiger partial charge on any atom is 0.328 e. The largest absolute Gasteiger partial charge is 0.478 e. The summed E-state index contributed by atoms with van der Waals surface area (Å²) >= 11 is 0. The molecule has 1 aromatic heterocycles. The predicted molar refractivity (Wildman–Crippen MR) is 70.4 cm³/mol. The molecule has 0 aliphatic carbocycles. The number of nitrogens with zero attached hydrogens (tertiary/aromatic N) is 3. The van der Waals surface area contributed by atoms with Gasteiger partial charge in [0.1, 0.15) is 0 Å². The number of nitrogens with two attached hydrogens (primary N) is 1. The fourth-order valence-corrected chi connectivity index (χ4v) is 1.39. The van der Waals surface area contributed by atoms with Gasteiger partial charge >= 0.3 is 5.97 Å². The zero-order valence-corrected chi connectivity index (χ0v) is 10.8. The van der Waals surface area contributed by atoms with Gasteiger partial charge in [-0.1, -0.05) is 0 Å². The van der Waals surface area contributed by atoms with E-state index in [0.29, 0.717) is 11.5 Å². The van der Waals surface area contributed by atoms with Crippen molar-refractivity contribution in [1.29, 1.82) is 0 Å². The normalized spacial score (nSPS) is 10.9. The molecule has 1 heterocycles. The maximum atomic E-state index is 11.0. The molecule has 3 N–H and O–H groups in total. The molecule has 1 amide bonds. The molecular formula is C12H16N4O3. The lowest BCUT2D eigenvalue weighted by Gasteiger charge is -2.24. The molecular weight excluding hydrogens is 248 g/mol. The van der Waals surface area contributed by atoms with Crippen LogP contribution in [0.25, 0.3) is 6.08 Å². The summed E-state index contributed by atoms with van der Waals surface area (Å²) in [5.41, 5.74) is 5.73. The minimum absolute atomic E-state index is 0.0212. The van der Waals surface area contributed by atoms with E-state index in [0.717, 1.165) is 6.08 Å². The minimum atomic E-state index is -1.04. The Hall–Kier alpha value is -2.44. The van der Waals surface area contributed by atoms with Crippen LogP contribution in [0.5, 0.6) is 0 Å². The first-order valence-electron chi connectivity index (χ1n) is 5.68. The molecule has 7 heteroatoms. The third-order valence-corrected chi connectivity index (χ3v) is 2.28. The zero-order chi connectivity index (χ0) is 14.4. The van der Waals surface area contributed by atoms with Crippen molar-refractivity contribution >= 4 is 23.9 Å². The molecule has 0 radical (unpaired) electrons. The smallest absolute Gasteiger partial charge is 0.328 e. The summed E-state index contributed by atoms with van der Waals surface area (Å²) < 4.78 is 0. The second-order valence-electron chi connectivity index (χ2n) is 4.18. The number of hydrogen-bond acceptors (Lipinski definition) is 5. The molecule has 1 aromatic rings. The highest BCUT2D eigenvalue weighted by Crippen LogP contribution is 2.11. The van der Waals surface area contributed by atoms with Crippen LogP contribution in [0.15, 0.2) is 18.5 Å². The molecule has 0 bridgehead atoms. The van der Waals surface area contributed by atoms with Gasteiger partial charge in [0, 0.05) is 30.1 Å². The van der Waals surface area contributed by atoms with Crippen LogP contribution in [-0.4, -0.2) is 39.5 Å². The van der Waals surface area contributed by atoms with Crippen molar-refractivity contribution in [2.45, 2.75) is 19.9 Å². The predicted octanol–water partition coefficient (Wildman–Crippen LogP) is 0.274. The molecule has 0 atom stereocenters. The number of amides is 1. The number of hydrogen-bond donors (Lipinski definition) is 2. The minimum Gasteiger partial charge on any atom is -0.478 e. The highest BCUT2D eigenvalue weighted by Gasteiger charge is 2.15. The molecule has 1 rings (SSSR count). The van der Waals surface area contributed by atoms with E-state index in [9.17, 15) is 9.59 Å². The van der Waals surface area contributed by atoms with Crippen LogP contribution in [0.2, 0.25) is 0 Å². The number of aromatic nitrogens is 2. The number of carboxylic acid groups (broad SMARTS) is 1. The topological polar surface area (TPSA) is 109 Å². The Balaban J connectivity index is 2.89. The lowest BCUT2D eigenvalue weighted by atomic mass is 10.3. The first-order valence-corrected chi connectivity index (χ1v) is 5.68. The summed E-state index contributed by atoms with van der Waals surface area (Å²) in [5.74, 6) is -1.13. The lowest BCUT2D eigenvalue weighted by Crippen LogP contribution is -2.39. The van der Waals surface area contributed by atoms with E-state index in [1.807, 2.05) is 13.8 Å². The van der Waals surface area contributed by atoms with E-state index in [1.165, 1.54) is 18.5 Å². The van der Waals surface area contributed by atoms with Gasteiger partial charge < -0.3 is 15.7 Å². The summed E-state index contributed by atoms with van der Waals surface area (Å²) in [7, 11) is 0. The third kappa shape index (κ3) is 4.74. The number of carbonyl (C=O) groups excluding carboxylic acids is 1. The Bertz CT molecular complexity index is 482. The molecule has 0 unspecified atom stereocenters. The second-order valence-corrected chi connectivity index (χ2v) is 4.18. The van der Waals surface area contributed by atoms with Gasteiger partial charge in [0.05, 0.1) is 6.54 Å². The third-order valence-electron chi connectivity index (χ3n) is 2.28. The fourth-order valence-electron chi connectivity index (χ4n) is 1.39. The number of anilines is 1. The first kappa shape index (κ1) is 14.6. The van der Waals surface area contributed by atoms with Crippen molar-refractivity contribution in [3.63, 3.8) is 0 Å². The molecule has 0 fully saturated rings. The number of aliphatic carboxylic acids is 1. The number of carboxylic acids is 1. The van der Waals surface area contributed by atoms with Crippen molar-refractivity contribution < 1.29 is 14.7 Å². The average molecular weight is 264 g/mol. The monoisotopic (exact) mass is 264 g/mol. The Morgan fingerprint density at radius 1 is 1.42 bits per heavy atom. The van der Waals surface area contributed by atoms with Crippen molar-refractivity contribution in [2.24, 2.45) is 5.73 Å². The van der Waals surface area contributed by atoms with Gasteiger partial charge in [0.25, 0.3) is 0 Å². The van der Waals surface area contributed by atoms with E-state index in [2.05, 4.69) is 9.97 Å². The molecule has 0 saturated carbocycles. The van der Waals surface area contributed by atoms with Crippen LogP contribution >= 0.6 is 0 Å². The van der Waals surface area contributed by atoms with Crippen molar-refractivity contribution in [2.75, 3.05) is 11.4 Å². The Morgan fingerprint density at radius 3 is 2.42 bits per heavy atom. The highest BCUT2D eigenvalue weighted by molar-refractivity contribution is 5.85. The van der Waals surface area contributed by atoms with Gasteiger partial charge in [-0.3, -0.25) is 4.79 Å². The van der Waals surface area contributed by atoms with E-state index < -0.39 is 11.9 Å². The summed E-state index contributed by atoms with van der Waals surface area (Å²) in [4.78, 5) is 31.2. The molecule has 0 spiro atoms. The number of rotatable bonds is 6. The average Bonchev–Trinajstić information content (AvgIpc) is 2.33. The zero-order valence-electron chi connectivity index (χ0n) is 10.8. The summed E-state index contributed by atoms with van der Waals surface area (Å²) in [6.07, 6.45) is 5.36. The molecule has 0 aromatic carbocycles. The number of carbonyl (C=O) groups is 2. The standard InChI is InChI=1S/C12H16N4O3/c1-8(2)16(7-10(13)17)12-14-5-9(6-15-12)3-4-11(18)19/h3-6,8H,7H2,1-2H3,(H2,13,17)(H,18,19)/b4-3+. The van der Waals surface area contributed by atoms with E-state index >= 15 is 0 Å². The summed E-state index contributed by atoms with van der Waals surface area (Å²) in [6, 6.07) is 0.0212. The van der Waals surface area contributed by atoms with Crippen molar-refractivity contribution in [3.8, 4) is 0 Å². The molecule has 19 heavy (non-hydrogen) atoms. The fraction of sp³-hybridized carbons (Fsp3) is 0.333. The Morgan fingerprint density at radius 2 is 2.00 bits per heavy atom. The molecule has 102 valence electrons. The van der Waals surface area contributed by atoms with E-state index in [-0.39, 0.29) is 12.6 Å². The van der Waals surface area contributed by atoms with Gasteiger partial charge in [-0.05, 0) is 19.9 Å². The van der Waals surface area contributed by atoms with Crippen LogP contribution in [0.3, 0.4) is 0 Å². The first-order chi connectivity index (χ1) is 8.90. The van der Waals surface area contributed by atoms with Crippen LogP contribution in [-0.2, 0) is 9.59 Å². The molecule has 0 saturated heterocycles. The van der Waals surface area contributed by atoms with Gasteiger partial charge in [-0.25, -0.2) is 14.8 Å². The molecule has 0 aliphatic rings. The van der Waals surface area contributed by atoms with Gasteiger partial charge in [-0.15, -0.1) is 0 Å². The van der Waals surface area contributed by atoms with Crippen LogP contribution in [0.1, 0.15) is 19.4 Å². The molecule has 7 nitrogen and oxygen atoms in total. The van der Waals surface area contributed by atoms with Crippen molar-refractivity contribution in [1.82, 2.24) is 9.97 Å². The lowest BCUT2D eigenvalue weighted by molar-refractivity contribution is -0.131. The maximum absolute atomic E-state index is 11.0. The Kier molecular flexibility index (Phi) is 4.99. The van der Waals surface area contributed by atoms with Crippen molar-refractivity contribution in [3.05, 3.63) is 24.0 Å². The van der Waals surface area contributed by atoms with Gasteiger partial charge in [-0.2, -0.15) is 0 Å². The second kappa shape index (κ2) is 6.48. The summed E-state index contributed by atoms with van der Waals surface area (Å²) in [6.45, 7) is 3.82. The van der Waals surface area contributed by atoms with Gasteiger partial charge in [0.15, 0.2) is 0 Å². The number of primary amides is 1.